The van der Waals surface area contributed by atoms with Crippen LogP contribution in [-0.2, 0) is 6.42 Å². The highest BCUT2D eigenvalue weighted by molar-refractivity contribution is 5.01. The lowest BCUT2D eigenvalue weighted by atomic mass is 9.96. The van der Waals surface area contributed by atoms with E-state index in [2.05, 4.69) is 51.8 Å². The fraction of sp³-hybridized carbons (Fsp3) is 0.786. The van der Waals surface area contributed by atoms with Crippen molar-refractivity contribution in [3.63, 3.8) is 0 Å². The lowest BCUT2D eigenvalue weighted by Crippen LogP contribution is -2.37. The molecule has 0 bridgehead atoms. The fourth-order valence-corrected chi connectivity index (χ4v) is 1.52. The molecule has 0 saturated carbocycles. The van der Waals surface area contributed by atoms with E-state index >= 15 is 0 Å². The average Bonchev–Trinajstić information content (AvgIpc) is 2.63. The minimum absolute atomic E-state index is 0.153. The van der Waals surface area contributed by atoms with Crippen LogP contribution in [0.5, 0.6) is 0 Å². The van der Waals surface area contributed by atoms with Crippen LogP contribution in [0.4, 0.5) is 0 Å². The third-order valence-corrected chi connectivity index (χ3v) is 3.01. The summed E-state index contributed by atoms with van der Waals surface area (Å²) < 4.78 is 5.77. The zero-order chi connectivity index (χ0) is 13.1. The molecular weight excluding hydrogens is 212 g/mol. The monoisotopic (exact) mass is 238 g/mol. The van der Waals surface area contributed by atoms with Gasteiger partial charge in [-0.25, -0.2) is 4.98 Å². The molecular formula is C14H26N2O. The summed E-state index contributed by atoms with van der Waals surface area (Å²) in [4.78, 5) is 4.33. The first-order valence-corrected chi connectivity index (χ1v) is 6.49. The average molecular weight is 238 g/mol. The van der Waals surface area contributed by atoms with E-state index in [1.54, 1.807) is 0 Å². The second kappa shape index (κ2) is 5.67. The van der Waals surface area contributed by atoms with E-state index in [1.165, 1.54) is 0 Å². The Hall–Kier alpha value is -0.830. The van der Waals surface area contributed by atoms with E-state index in [9.17, 15) is 0 Å². The Balaban J connectivity index is 2.46. The van der Waals surface area contributed by atoms with Gasteiger partial charge in [0.1, 0.15) is 5.76 Å². The van der Waals surface area contributed by atoms with E-state index in [1.807, 2.05) is 6.20 Å². The molecule has 98 valence electrons. The van der Waals surface area contributed by atoms with Gasteiger partial charge in [0.15, 0.2) is 5.89 Å². The topological polar surface area (TPSA) is 38.1 Å². The van der Waals surface area contributed by atoms with E-state index < -0.39 is 0 Å². The molecule has 0 amide bonds. The Bertz CT molecular complexity index is 336. The Kier molecular flexibility index (Phi) is 4.75. The maximum Gasteiger partial charge on any atom is 0.195 e. The van der Waals surface area contributed by atoms with Crippen molar-refractivity contribution in [3.8, 4) is 0 Å². The van der Waals surface area contributed by atoms with Gasteiger partial charge < -0.3 is 9.73 Å². The molecule has 0 radical (unpaired) electrons. The molecule has 0 aliphatic carbocycles. The summed E-state index contributed by atoms with van der Waals surface area (Å²) >= 11 is 0. The number of oxazole rings is 1. The van der Waals surface area contributed by atoms with Gasteiger partial charge in [-0.2, -0.15) is 0 Å². The summed E-state index contributed by atoms with van der Waals surface area (Å²) in [5.41, 5.74) is 0.153. The summed E-state index contributed by atoms with van der Waals surface area (Å²) in [7, 11) is 0. The lowest BCUT2D eigenvalue weighted by Gasteiger charge is -2.19. The Morgan fingerprint density at radius 2 is 1.94 bits per heavy atom. The third-order valence-electron chi connectivity index (χ3n) is 3.01. The summed E-state index contributed by atoms with van der Waals surface area (Å²) in [6, 6.07) is 0. The normalized spacial score (nSPS) is 14.3. The molecule has 17 heavy (non-hydrogen) atoms. The number of hydrogen-bond acceptors (Lipinski definition) is 3. The van der Waals surface area contributed by atoms with Crippen LogP contribution < -0.4 is 5.32 Å². The standard InChI is InChI=1S/C14H26N2O/c1-10(2)11(3)12-9-15-13(17-12)7-8-16-14(4,5)6/h9-11,16H,7-8H2,1-6H3. The highest BCUT2D eigenvalue weighted by Crippen LogP contribution is 2.24. The SMILES string of the molecule is CC(C)C(C)c1cnc(CCNC(C)(C)C)o1. The number of nitrogens with one attached hydrogen (secondary N) is 1. The molecule has 1 N–H and O–H groups in total. The predicted octanol–water partition coefficient (Wildman–Crippen LogP) is 3.36. The molecule has 0 fully saturated rings. The molecule has 1 atom stereocenters. The van der Waals surface area contributed by atoms with Crippen molar-refractivity contribution < 1.29 is 4.42 Å². The molecule has 1 rings (SSSR count). The summed E-state index contributed by atoms with van der Waals surface area (Å²) in [5, 5.41) is 3.43. The van der Waals surface area contributed by atoms with E-state index in [4.69, 9.17) is 4.42 Å². The van der Waals surface area contributed by atoms with Crippen LogP contribution in [0, 0.1) is 5.92 Å². The minimum atomic E-state index is 0.153. The predicted molar refractivity (Wildman–Crippen MR) is 71.2 cm³/mol. The maximum absolute atomic E-state index is 5.77. The fourth-order valence-electron chi connectivity index (χ4n) is 1.52. The van der Waals surface area contributed by atoms with Gasteiger partial charge in [-0.05, 0) is 26.7 Å². The quantitative estimate of drug-likeness (QED) is 0.854. The smallest absolute Gasteiger partial charge is 0.195 e. The summed E-state index contributed by atoms with van der Waals surface area (Å²) in [6.07, 6.45) is 2.72. The van der Waals surface area contributed by atoms with Gasteiger partial charge in [0.05, 0.1) is 6.20 Å². The zero-order valence-corrected chi connectivity index (χ0v) is 12.0. The van der Waals surface area contributed by atoms with Gasteiger partial charge in [-0.1, -0.05) is 20.8 Å². The van der Waals surface area contributed by atoms with E-state index in [-0.39, 0.29) is 5.54 Å². The van der Waals surface area contributed by atoms with Crippen LogP contribution in [0.3, 0.4) is 0 Å². The molecule has 1 unspecified atom stereocenters. The Labute approximate surface area is 105 Å². The second-order valence-electron chi connectivity index (χ2n) is 6.12. The van der Waals surface area contributed by atoms with Gasteiger partial charge in [0.25, 0.3) is 0 Å². The zero-order valence-electron chi connectivity index (χ0n) is 12.0. The molecule has 3 nitrogen and oxygen atoms in total. The molecule has 0 aromatic carbocycles. The molecule has 0 aliphatic heterocycles. The molecule has 3 heteroatoms. The van der Waals surface area contributed by atoms with E-state index in [0.717, 1.165) is 24.6 Å². The van der Waals surface area contributed by atoms with Crippen LogP contribution in [0.2, 0.25) is 0 Å². The Morgan fingerprint density at radius 3 is 2.47 bits per heavy atom. The third kappa shape index (κ3) is 4.90. The van der Waals surface area contributed by atoms with Gasteiger partial charge in [-0.15, -0.1) is 0 Å². The van der Waals surface area contributed by atoms with Crippen molar-refractivity contribution in [2.24, 2.45) is 5.92 Å². The van der Waals surface area contributed by atoms with Crippen molar-refractivity contribution in [3.05, 3.63) is 17.8 Å². The molecule has 0 saturated heterocycles. The Morgan fingerprint density at radius 1 is 1.29 bits per heavy atom. The van der Waals surface area contributed by atoms with Crippen molar-refractivity contribution in [2.75, 3.05) is 6.54 Å². The van der Waals surface area contributed by atoms with Crippen LogP contribution in [0.1, 0.15) is 59.1 Å². The molecule has 1 aromatic rings. The van der Waals surface area contributed by atoms with Gasteiger partial charge in [0.2, 0.25) is 0 Å². The number of aromatic nitrogens is 1. The van der Waals surface area contributed by atoms with Crippen molar-refractivity contribution in [1.82, 2.24) is 10.3 Å². The molecule has 0 aliphatic rings. The van der Waals surface area contributed by atoms with Gasteiger partial charge in [0, 0.05) is 24.4 Å². The highest BCUT2D eigenvalue weighted by atomic mass is 16.4. The van der Waals surface area contributed by atoms with Crippen LogP contribution in [0.25, 0.3) is 0 Å². The summed E-state index contributed by atoms with van der Waals surface area (Å²) in [6.45, 7) is 14.0. The largest absolute Gasteiger partial charge is 0.445 e. The maximum atomic E-state index is 5.77. The van der Waals surface area contributed by atoms with Crippen molar-refractivity contribution in [2.45, 2.75) is 59.4 Å². The van der Waals surface area contributed by atoms with Crippen molar-refractivity contribution in [1.29, 1.82) is 0 Å². The molecule has 1 aromatic heterocycles. The van der Waals surface area contributed by atoms with Crippen LogP contribution in [0.15, 0.2) is 10.6 Å². The first-order chi connectivity index (χ1) is 7.79. The van der Waals surface area contributed by atoms with Crippen LogP contribution in [-0.4, -0.2) is 17.1 Å². The van der Waals surface area contributed by atoms with Crippen LogP contribution >= 0.6 is 0 Å². The first-order valence-electron chi connectivity index (χ1n) is 6.49. The van der Waals surface area contributed by atoms with Gasteiger partial charge in [-0.3, -0.25) is 0 Å². The number of nitrogens with zero attached hydrogens (tertiary/aromatic N) is 1. The first kappa shape index (κ1) is 14.2. The lowest BCUT2D eigenvalue weighted by molar-refractivity contribution is 0.375. The number of hydrogen-bond donors (Lipinski definition) is 1. The van der Waals surface area contributed by atoms with Gasteiger partial charge >= 0.3 is 0 Å². The summed E-state index contributed by atoms with van der Waals surface area (Å²) in [5.74, 6) is 2.87. The minimum Gasteiger partial charge on any atom is -0.445 e. The van der Waals surface area contributed by atoms with E-state index in [0.29, 0.717) is 11.8 Å². The highest BCUT2D eigenvalue weighted by Gasteiger charge is 2.15. The molecule has 1 heterocycles. The second-order valence-corrected chi connectivity index (χ2v) is 6.12. The van der Waals surface area contributed by atoms with Crippen molar-refractivity contribution >= 4 is 0 Å². The molecule has 0 spiro atoms. The number of rotatable bonds is 5.